The van der Waals surface area contributed by atoms with Crippen molar-refractivity contribution in [2.24, 2.45) is 0 Å². The van der Waals surface area contributed by atoms with Crippen LogP contribution in [0.1, 0.15) is 29.4 Å². The van der Waals surface area contributed by atoms with Crippen molar-refractivity contribution in [1.82, 2.24) is 4.57 Å². The molecule has 0 unspecified atom stereocenters. The molecule has 0 radical (unpaired) electrons. The summed E-state index contributed by atoms with van der Waals surface area (Å²) in [6, 6.07) is 1.66. The second-order valence-electron chi connectivity index (χ2n) is 4.50. The number of hydrogen-bond acceptors (Lipinski definition) is 2. The number of rotatable bonds is 3. The Bertz CT molecular complexity index is 765. The van der Waals surface area contributed by atoms with Gasteiger partial charge in [-0.2, -0.15) is 0 Å². The number of aromatic nitrogens is 1. The molecule has 0 aliphatic rings. The molecule has 20 heavy (non-hydrogen) atoms. The topological polar surface area (TPSA) is 59.3 Å². The summed E-state index contributed by atoms with van der Waals surface area (Å²) in [6.45, 7) is 3.47. The molecule has 4 nitrogen and oxygen atoms in total. The molecule has 1 aromatic heterocycles. The highest BCUT2D eigenvalue weighted by atomic mass is 19.1. The number of aromatic carboxylic acids is 1. The van der Waals surface area contributed by atoms with Crippen LogP contribution in [0.25, 0.3) is 10.8 Å². The molecule has 0 aliphatic heterocycles. The van der Waals surface area contributed by atoms with E-state index in [0.717, 1.165) is 12.1 Å². The van der Waals surface area contributed by atoms with E-state index >= 15 is 0 Å². The van der Waals surface area contributed by atoms with Crippen LogP contribution in [0.15, 0.2) is 16.9 Å². The molecule has 0 atom stereocenters. The van der Waals surface area contributed by atoms with E-state index < -0.39 is 33.9 Å². The van der Waals surface area contributed by atoms with Crippen molar-refractivity contribution in [3.05, 3.63) is 45.4 Å². The third-order valence-electron chi connectivity index (χ3n) is 3.24. The van der Waals surface area contributed by atoms with Gasteiger partial charge in [-0.3, -0.25) is 4.79 Å². The zero-order valence-corrected chi connectivity index (χ0v) is 11.0. The lowest BCUT2D eigenvalue weighted by Gasteiger charge is -2.15. The third kappa shape index (κ3) is 1.97. The second-order valence-corrected chi connectivity index (χ2v) is 4.50. The standard InChI is InChI=1S/C14H13F2NO3/c1-3-6-17-7(2)10(14(19)20)11-8(15)4-5-9(16)12(11)13(17)18/h4-5H,3,6H2,1-2H3,(H,19,20). The van der Waals surface area contributed by atoms with Crippen molar-refractivity contribution in [1.29, 1.82) is 0 Å². The van der Waals surface area contributed by atoms with Gasteiger partial charge < -0.3 is 9.67 Å². The van der Waals surface area contributed by atoms with E-state index in [4.69, 9.17) is 0 Å². The Labute approximate surface area is 113 Å². The Kier molecular flexibility index (Phi) is 3.57. The fraction of sp³-hybridized carbons (Fsp3) is 0.286. The fourth-order valence-electron chi connectivity index (χ4n) is 2.36. The van der Waals surface area contributed by atoms with Gasteiger partial charge >= 0.3 is 5.97 Å². The zero-order chi connectivity index (χ0) is 15.0. The number of nitrogens with zero attached hydrogens (tertiary/aromatic N) is 1. The minimum Gasteiger partial charge on any atom is -0.478 e. The van der Waals surface area contributed by atoms with Crippen LogP contribution in [0.4, 0.5) is 8.78 Å². The number of carbonyl (C=O) groups is 1. The van der Waals surface area contributed by atoms with Crippen molar-refractivity contribution in [2.45, 2.75) is 26.8 Å². The van der Waals surface area contributed by atoms with E-state index in [-0.39, 0.29) is 17.8 Å². The van der Waals surface area contributed by atoms with Gasteiger partial charge in [-0.05, 0) is 25.5 Å². The largest absolute Gasteiger partial charge is 0.478 e. The molecular formula is C14H13F2NO3. The minimum atomic E-state index is -1.39. The van der Waals surface area contributed by atoms with Gasteiger partial charge in [0.1, 0.15) is 11.6 Å². The molecule has 0 aliphatic carbocycles. The van der Waals surface area contributed by atoms with Crippen molar-refractivity contribution in [2.75, 3.05) is 0 Å². The van der Waals surface area contributed by atoms with Crippen LogP contribution in [0.5, 0.6) is 0 Å². The summed E-state index contributed by atoms with van der Waals surface area (Å²) in [6.07, 6.45) is 0.572. The third-order valence-corrected chi connectivity index (χ3v) is 3.24. The molecule has 0 bridgehead atoms. The van der Waals surface area contributed by atoms with Gasteiger partial charge in [0.2, 0.25) is 0 Å². The van der Waals surface area contributed by atoms with Crippen molar-refractivity contribution >= 4 is 16.7 Å². The quantitative estimate of drug-likeness (QED) is 0.941. The second kappa shape index (κ2) is 5.03. The summed E-state index contributed by atoms with van der Waals surface area (Å²) in [7, 11) is 0. The number of carboxylic acid groups (broad SMARTS) is 1. The number of benzene rings is 1. The first kappa shape index (κ1) is 14.2. The first-order chi connectivity index (χ1) is 9.40. The van der Waals surface area contributed by atoms with Gasteiger partial charge in [-0.25, -0.2) is 13.6 Å². The smallest absolute Gasteiger partial charge is 0.338 e. The monoisotopic (exact) mass is 281 g/mol. The van der Waals surface area contributed by atoms with Crippen LogP contribution in [-0.2, 0) is 6.54 Å². The summed E-state index contributed by atoms with van der Waals surface area (Å²) < 4.78 is 28.9. The predicted octanol–water partition coefficient (Wildman–Crippen LogP) is 2.70. The van der Waals surface area contributed by atoms with E-state index in [2.05, 4.69) is 0 Å². The van der Waals surface area contributed by atoms with Crippen LogP contribution >= 0.6 is 0 Å². The van der Waals surface area contributed by atoms with Crippen LogP contribution in [0.2, 0.25) is 0 Å². The highest BCUT2D eigenvalue weighted by Crippen LogP contribution is 2.24. The Morgan fingerprint density at radius 3 is 2.30 bits per heavy atom. The Balaban J connectivity index is 3.12. The molecule has 0 fully saturated rings. The molecule has 1 heterocycles. The lowest BCUT2D eigenvalue weighted by atomic mass is 10.0. The minimum absolute atomic E-state index is 0.126. The molecule has 2 rings (SSSR count). The average Bonchev–Trinajstić information content (AvgIpc) is 2.38. The lowest BCUT2D eigenvalue weighted by molar-refractivity contribution is 0.0696. The molecule has 6 heteroatoms. The van der Waals surface area contributed by atoms with Crippen LogP contribution in [0.3, 0.4) is 0 Å². The lowest BCUT2D eigenvalue weighted by Crippen LogP contribution is -2.26. The Morgan fingerprint density at radius 1 is 1.25 bits per heavy atom. The number of halogens is 2. The van der Waals surface area contributed by atoms with Crippen LogP contribution in [-0.4, -0.2) is 15.6 Å². The summed E-state index contributed by atoms with van der Waals surface area (Å²) >= 11 is 0. The maximum atomic E-state index is 13.9. The molecule has 2 aromatic rings. The molecule has 106 valence electrons. The van der Waals surface area contributed by atoms with Crippen LogP contribution in [0, 0.1) is 18.6 Å². The van der Waals surface area contributed by atoms with E-state index in [9.17, 15) is 23.5 Å². The predicted molar refractivity (Wildman–Crippen MR) is 70.1 cm³/mol. The molecule has 0 saturated heterocycles. The summed E-state index contributed by atoms with van der Waals surface area (Å²) in [5.41, 5.74) is -0.951. The van der Waals surface area contributed by atoms with Gasteiger partial charge in [-0.15, -0.1) is 0 Å². The molecule has 1 aromatic carbocycles. The molecule has 0 amide bonds. The van der Waals surface area contributed by atoms with Crippen molar-refractivity contribution in [3.63, 3.8) is 0 Å². The highest BCUT2D eigenvalue weighted by molar-refractivity contribution is 6.04. The number of fused-ring (bicyclic) bond motifs is 1. The summed E-state index contributed by atoms with van der Waals surface area (Å²) in [4.78, 5) is 23.6. The first-order valence-corrected chi connectivity index (χ1v) is 6.14. The SMILES string of the molecule is CCCn1c(C)c(C(=O)O)c2c(F)ccc(F)c2c1=O. The van der Waals surface area contributed by atoms with Gasteiger partial charge in [-0.1, -0.05) is 6.92 Å². The Hall–Kier alpha value is -2.24. The van der Waals surface area contributed by atoms with E-state index in [0.29, 0.717) is 6.42 Å². The van der Waals surface area contributed by atoms with Gasteiger partial charge in [0.15, 0.2) is 0 Å². The van der Waals surface area contributed by atoms with E-state index in [1.54, 1.807) is 6.92 Å². The highest BCUT2D eigenvalue weighted by Gasteiger charge is 2.23. The number of hydrogen-bond donors (Lipinski definition) is 1. The Morgan fingerprint density at radius 2 is 1.80 bits per heavy atom. The van der Waals surface area contributed by atoms with Crippen molar-refractivity contribution in [3.8, 4) is 0 Å². The van der Waals surface area contributed by atoms with Crippen molar-refractivity contribution < 1.29 is 18.7 Å². The molecule has 1 N–H and O–H groups in total. The summed E-state index contributed by atoms with van der Waals surface area (Å²) in [5, 5.41) is 8.28. The average molecular weight is 281 g/mol. The maximum Gasteiger partial charge on any atom is 0.338 e. The summed E-state index contributed by atoms with van der Waals surface area (Å²) in [5.74, 6) is -3.22. The maximum absolute atomic E-state index is 13.9. The molecular weight excluding hydrogens is 268 g/mol. The number of carboxylic acids is 1. The zero-order valence-electron chi connectivity index (χ0n) is 11.0. The van der Waals surface area contributed by atoms with Gasteiger partial charge in [0.05, 0.1) is 10.9 Å². The number of pyridine rings is 1. The van der Waals surface area contributed by atoms with E-state index in [1.165, 1.54) is 11.5 Å². The van der Waals surface area contributed by atoms with Gasteiger partial charge in [0.25, 0.3) is 5.56 Å². The molecule has 0 spiro atoms. The fourth-order valence-corrected chi connectivity index (χ4v) is 2.36. The van der Waals surface area contributed by atoms with Crippen LogP contribution < -0.4 is 5.56 Å². The normalized spacial score (nSPS) is 11.0. The van der Waals surface area contributed by atoms with E-state index in [1.807, 2.05) is 0 Å². The first-order valence-electron chi connectivity index (χ1n) is 6.14. The van der Waals surface area contributed by atoms with Gasteiger partial charge in [0, 0.05) is 17.6 Å². The molecule has 0 saturated carbocycles.